The highest BCUT2D eigenvalue weighted by atomic mass is 19.1. The number of carbonyl (C=O) groups is 2. The van der Waals surface area contributed by atoms with Crippen molar-refractivity contribution < 1.29 is 18.7 Å². The summed E-state index contributed by atoms with van der Waals surface area (Å²) in [6.07, 6.45) is 0. The van der Waals surface area contributed by atoms with Gasteiger partial charge in [0.05, 0.1) is 11.1 Å². The topological polar surface area (TPSA) is 70.7 Å². The third kappa shape index (κ3) is 4.24. The molecular weight excluding hydrogens is 361 g/mol. The van der Waals surface area contributed by atoms with Crippen molar-refractivity contribution in [3.05, 3.63) is 53.8 Å². The molecule has 0 unspecified atom stereocenters. The van der Waals surface area contributed by atoms with Crippen LogP contribution in [0, 0.1) is 11.2 Å². The standard InChI is InChI=1S/C21H24FN3O3/c1-4-25-17-10-9-16(11-18(17)28-13-21(2,3)19(25)26)24-20(27)23-12-14-5-7-15(22)8-6-14/h5-11H,4,12-13H2,1-3H3,(H2,23,24,27). The van der Waals surface area contributed by atoms with Gasteiger partial charge in [-0.3, -0.25) is 4.79 Å². The predicted octanol–water partition coefficient (Wildman–Crippen LogP) is 3.92. The minimum atomic E-state index is -0.630. The molecule has 0 bridgehead atoms. The Morgan fingerprint density at radius 3 is 2.61 bits per heavy atom. The summed E-state index contributed by atoms with van der Waals surface area (Å²) in [5.41, 5.74) is 1.41. The van der Waals surface area contributed by atoms with E-state index >= 15 is 0 Å². The maximum absolute atomic E-state index is 12.9. The third-order valence-electron chi connectivity index (χ3n) is 4.60. The van der Waals surface area contributed by atoms with Crippen LogP contribution in [0.15, 0.2) is 42.5 Å². The summed E-state index contributed by atoms with van der Waals surface area (Å²) in [6.45, 7) is 6.69. The molecule has 28 heavy (non-hydrogen) atoms. The molecule has 1 aliphatic heterocycles. The van der Waals surface area contributed by atoms with Crippen LogP contribution in [0.25, 0.3) is 0 Å². The molecule has 148 valence electrons. The maximum atomic E-state index is 12.9. The highest BCUT2D eigenvalue weighted by Gasteiger charge is 2.37. The number of fused-ring (bicyclic) bond motifs is 1. The van der Waals surface area contributed by atoms with Crippen LogP contribution in [0.5, 0.6) is 5.75 Å². The number of carbonyl (C=O) groups excluding carboxylic acids is 2. The minimum absolute atomic E-state index is 0.00602. The lowest BCUT2D eigenvalue weighted by molar-refractivity contribution is -0.127. The molecule has 6 nitrogen and oxygen atoms in total. The predicted molar refractivity (Wildman–Crippen MR) is 106 cm³/mol. The van der Waals surface area contributed by atoms with Gasteiger partial charge in [0.25, 0.3) is 0 Å². The number of hydrogen-bond donors (Lipinski definition) is 2. The van der Waals surface area contributed by atoms with E-state index in [0.717, 1.165) is 5.56 Å². The Morgan fingerprint density at radius 1 is 1.21 bits per heavy atom. The van der Waals surface area contributed by atoms with Crippen LogP contribution < -0.4 is 20.3 Å². The van der Waals surface area contributed by atoms with E-state index in [4.69, 9.17) is 4.74 Å². The van der Waals surface area contributed by atoms with Crippen molar-refractivity contribution in [2.24, 2.45) is 5.41 Å². The largest absolute Gasteiger partial charge is 0.490 e. The number of halogens is 1. The second kappa shape index (κ2) is 7.88. The number of nitrogens with zero attached hydrogens (tertiary/aromatic N) is 1. The molecule has 0 atom stereocenters. The first-order chi connectivity index (χ1) is 13.3. The van der Waals surface area contributed by atoms with E-state index in [0.29, 0.717) is 23.7 Å². The molecule has 1 aliphatic rings. The van der Waals surface area contributed by atoms with Crippen molar-refractivity contribution >= 4 is 23.3 Å². The lowest BCUT2D eigenvalue weighted by atomic mass is 9.93. The number of urea groups is 1. The van der Waals surface area contributed by atoms with Crippen LogP contribution in [0.4, 0.5) is 20.6 Å². The van der Waals surface area contributed by atoms with Gasteiger partial charge in [-0.05, 0) is 50.6 Å². The second-order valence-electron chi connectivity index (χ2n) is 7.34. The van der Waals surface area contributed by atoms with Gasteiger partial charge >= 0.3 is 6.03 Å². The van der Waals surface area contributed by atoms with Crippen LogP contribution in [-0.2, 0) is 11.3 Å². The monoisotopic (exact) mass is 385 g/mol. The molecule has 0 radical (unpaired) electrons. The highest BCUT2D eigenvalue weighted by Crippen LogP contribution is 2.38. The van der Waals surface area contributed by atoms with Gasteiger partial charge in [0.2, 0.25) is 5.91 Å². The lowest BCUT2D eigenvalue weighted by Gasteiger charge is -2.26. The molecule has 0 saturated carbocycles. The van der Waals surface area contributed by atoms with Gasteiger partial charge in [-0.1, -0.05) is 12.1 Å². The minimum Gasteiger partial charge on any atom is -0.490 e. The highest BCUT2D eigenvalue weighted by molar-refractivity contribution is 6.00. The van der Waals surface area contributed by atoms with E-state index in [1.807, 2.05) is 20.8 Å². The van der Waals surface area contributed by atoms with Gasteiger partial charge in [0.1, 0.15) is 18.2 Å². The van der Waals surface area contributed by atoms with E-state index in [1.54, 1.807) is 35.2 Å². The molecule has 2 N–H and O–H groups in total. The molecular formula is C21H24FN3O3. The number of nitrogens with one attached hydrogen (secondary N) is 2. The summed E-state index contributed by atoms with van der Waals surface area (Å²) in [5, 5.41) is 5.47. The van der Waals surface area contributed by atoms with Crippen LogP contribution >= 0.6 is 0 Å². The Hall–Kier alpha value is -3.09. The van der Waals surface area contributed by atoms with Gasteiger partial charge in [-0.15, -0.1) is 0 Å². The normalized spacial score (nSPS) is 15.3. The molecule has 0 aliphatic carbocycles. The van der Waals surface area contributed by atoms with Crippen molar-refractivity contribution in [1.82, 2.24) is 5.32 Å². The van der Waals surface area contributed by atoms with Crippen molar-refractivity contribution in [2.45, 2.75) is 27.3 Å². The van der Waals surface area contributed by atoms with Crippen LogP contribution in [-0.4, -0.2) is 25.1 Å². The number of amides is 3. The fraction of sp³-hybridized carbons (Fsp3) is 0.333. The molecule has 2 aromatic carbocycles. The Bertz CT molecular complexity index is 881. The van der Waals surface area contributed by atoms with Crippen molar-refractivity contribution in [2.75, 3.05) is 23.4 Å². The Balaban J connectivity index is 1.69. The number of rotatable bonds is 4. The average Bonchev–Trinajstić information content (AvgIpc) is 2.76. The molecule has 0 saturated heterocycles. The zero-order valence-corrected chi connectivity index (χ0v) is 16.2. The first-order valence-corrected chi connectivity index (χ1v) is 9.18. The molecule has 0 fully saturated rings. The van der Waals surface area contributed by atoms with Gasteiger partial charge in [-0.25, -0.2) is 9.18 Å². The number of hydrogen-bond acceptors (Lipinski definition) is 3. The van der Waals surface area contributed by atoms with Crippen molar-refractivity contribution in [3.8, 4) is 5.75 Å². The van der Waals surface area contributed by atoms with E-state index in [9.17, 15) is 14.0 Å². The molecule has 1 heterocycles. The van der Waals surface area contributed by atoms with Crippen molar-refractivity contribution in [3.63, 3.8) is 0 Å². The summed E-state index contributed by atoms with van der Waals surface area (Å²) in [5.74, 6) is 0.240. The summed E-state index contributed by atoms with van der Waals surface area (Å²) in [6, 6.07) is 10.8. The summed E-state index contributed by atoms with van der Waals surface area (Å²) in [4.78, 5) is 26.6. The van der Waals surface area contributed by atoms with Crippen LogP contribution in [0.2, 0.25) is 0 Å². The zero-order chi connectivity index (χ0) is 20.3. The molecule has 2 aromatic rings. The first kappa shape index (κ1) is 19.7. The third-order valence-corrected chi connectivity index (χ3v) is 4.60. The summed E-state index contributed by atoms with van der Waals surface area (Å²) in [7, 11) is 0. The van der Waals surface area contributed by atoms with Crippen LogP contribution in [0.3, 0.4) is 0 Å². The van der Waals surface area contributed by atoms with E-state index in [2.05, 4.69) is 10.6 Å². The molecule has 3 amide bonds. The fourth-order valence-electron chi connectivity index (χ4n) is 3.00. The fourth-order valence-corrected chi connectivity index (χ4v) is 3.00. The van der Waals surface area contributed by atoms with Gasteiger partial charge in [-0.2, -0.15) is 0 Å². The summed E-state index contributed by atoms with van der Waals surface area (Å²) < 4.78 is 18.8. The number of ether oxygens (including phenoxy) is 1. The van der Waals surface area contributed by atoms with Crippen LogP contribution in [0.1, 0.15) is 26.3 Å². The van der Waals surface area contributed by atoms with Gasteiger partial charge in [0.15, 0.2) is 0 Å². The Kier molecular flexibility index (Phi) is 5.53. The van der Waals surface area contributed by atoms with Gasteiger partial charge < -0.3 is 20.3 Å². The molecule has 0 spiro atoms. The van der Waals surface area contributed by atoms with E-state index in [1.165, 1.54) is 12.1 Å². The SMILES string of the molecule is CCN1C(=O)C(C)(C)COc2cc(NC(=O)NCc3ccc(F)cc3)ccc21. The number of benzene rings is 2. The zero-order valence-electron chi connectivity index (χ0n) is 16.2. The Morgan fingerprint density at radius 2 is 1.93 bits per heavy atom. The Labute approximate surface area is 163 Å². The molecule has 7 heteroatoms. The smallest absolute Gasteiger partial charge is 0.319 e. The maximum Gasteiger partial charge on any atom is 0.319 e. The van der Waals surface area contributed by atoms with Gasteiger partial charge in [0, 0.05) is 24.8 Å². The second-order valence-corrected chi connectivity index (χ2v) is 7.34. The summed E-state index contributed by atoms with van der Waals surface area (Å²) >= 11 is 0. The quantitative estimate of drug-likeness (QED) is 0.838. The number of anilines is 2. The van der Waals surface area contributed by atoms with Crippen molar-refractivity contribution in [1.29, 1.82) is 0 Å². The molecule has 3 rings (SSSR count). The average molecular weight is 385 g/mol. The van der Waals surface area contributed by atoms with E-state index < -0.39 is 5.41 Å². The molecule has 0 aromatic heterocycles. The first-order valence-electron chi connectivity index (χ1n) is 9.18. The van der Waals surface area contributed by atoms with E-state index in [-0.39, 0.29) is 30.9 Å². The lowest BCUT2D eigenvalue weighted by Crippen LogP contribution is -2.42.